The highest BCUT2D eigenvalue weighted by Crippen LogP contribution is 2.36. The van der Waals surface area contributed by atoms with E-state index in [9.17, 15) is 22.0 Å². The lowest BCUT2D eigenvalue weighted by Gasteiger charge is -2.26. The van der Waals surface area contributed by atoms with Gasteiger partial charge in [0.15, 0.2) is 23.3 Å². The fourth-order valence-electron chi connectivity index (χ4n) is 4.24. The molecule has 5 heteroatoms. The Hall–Kier alpha value is -3.13. The SMILES string of the molecule is CCCc1ccc(C2CCc3cc(C#Cc4ccc(F)c(F)c4)c(F)cc3C2)c(F)c1F. The van der Waals surface area contributed by atoms with Crippen molar-refractivity contribution in [3.63, 3.8) is 0 Å². The molecule has 0 heterocycles. The van der Waals surface area contributed by atoms with Gasteiger partial charge in [0.25, 0.3) is 0 Å². The van der Waals surface area contributed by atoms with Crippen LogP contribution in [0.2, 0.25) is 0 Å². The highest BCUT2D eigenvalue weighted by atomic mass is 19.2. The van der Waals surface area contributed by atoms with E-state index in [4.69, 9.17) is 0 Å². The van der Waals surface area contributed by atoms with Crippen LogP contribution in [-0.2, 0) is 19.3 Å². The lowest BCUT2D eigenvalue weighted by atomic mass is 9.79. The molecule has 0 amide bonds. The summed E-state index contributed by atoms with van der Waals surface area (Å²) in [6.07, 6.45) is 2.81. The Kier molecular flexibility index (Phi) is 6.32. The van der Waals surface area contributed by atoms with Gasteiger partial charge in [-0.05, 0) is 84.2 Å². The first kappa shape index (κ1) is 22.1. The van der Waals surface area contributed by atoms with Crippen LogP contribution >= 0.6 is 0 Å². The molecular formula is C27H21F5. The molecule has 0 N–H and O–H groups in total. The normalized spacial score (nSPS) is 15.1. The first-order valence-corrected chi connectivity index (χ1v) is 10.6. The van der Waals surface area contributed by atoms with Gasteiger partial charge in [-0.2, -0.15) is 0 Å². The van der Waals surface area contributed by atoms with Crippen LogP contribution in [0.5, 0.6) is 0 Å². The quantitative estimate of drug-likeness (QED) is 0.304. The van der Waals surface area contributed by atoms with Gasteiger partial charge in [0.2, 0.25) is 0 Å². The maximum atomic E-state index is 14.7. The van der Waals surface area contributed by atoms with Crippen LogP contribution in [-0.4, -0.2) is 0 Å². The second-order valence-corrected chi connectivity index (χ2v) is 8.11. The molecule has 164 valence electrons. The molecule has 0 nitrogen and oxygen atoms in total. The molecule has 0 fully saturated rings. The van der Waals surface area contributed by atoms with E-state index in [2.05, 4.69) is 11.8 Å². The van der Waals surface area contributed by atoms with Gasteiger partial charge >= 0.3 is 0 Å². The fourth-order valence-corrected chi connectivity index (χ4v) is 4.24. The number of rotatable bonds is 3. The summed E-state index contributed by atoms with van der Waals surface area (Å²) < 4.78 is 70.1. The molecule has 0 aromatic heterocycles. The third-order valence-electron chi connectivity index (χ3n) is 5.93. The van der Waals surface area contributed by atoms with E-state index in [1.54, 1.807) is 18.2 Å². The van der Waals surface area contributed by atoms with Crippen molar-refractivity contribution in [1.82, 2.24) is 0 Å². The summed E-state index contributed by atoms with van der Waals surface area (Å²) in [6, 6.07) is 9.58. The Labute approximate surface area is 184 Å². The summed E-state index contributed by atoms with van der Waals surface area (Å²) >= 11 is 0. The second-order valence-electron chi connectivity index (χ2n) is 8.11. The predicted molar refractivity (Wildman–Crippen MR) is 114 cm³/mol. The number of aryl methyl sites for hydroxylation is 2. The van der Waals surface area contributed by atoms with Crippen molar-refractivity contribution >= 4 is 0 Å². The van der Waals surface area contributed by atoms with E-state index in [0.29, 0.717) is 36.8 Å². The summed E-state index contributed by atoms with van der Waals surface area (Å²) in [5.41, 5.74) is 2.75. The molecule has 3 aromatic carbocycles. The molecule has 32 heavy (non-hydrogen) atoms. The monoisotopic (exact) mass is 440 g/mol. The molecule has 4 rings (SSSR count). The van der Waals surface area contributed by atoms with E-state index in [-0.39, 0.29) is 17.0 Å². The van der Waals surface area contributed by atoms with Gasteiger partial charge in [0, 0.05) is 5.56 Å². The molecule has 1 aliphatic rings. The van der Waals surface area contributed by atoms with Crippen molar-refractivity contribution in [2.24, 2.45) is 0 Å². The molecule has 1 aliphatic carbocycles. The van der Waals surface area contributed by atoms with Gasteiger partial charge in [-0.1, -0.05) is 37.3 Å². The van der Waals surface area contributed by atoms with Crippen molar-refractivity contribution < 1.29 is 22.0 Å². The Balaban J connectivity index is 1.58. The van der Waals surface area contributed by atoms with Gasteiger partial charge in [0.1, 0.15) is 5.82 Å². The van der Waals surface area contributed by atoms with Gasteiger partial charge in [-0.25, -0.2) is 22.0 Å². The predicted octanol–water partition coefficient (Wildman–Crippen LogP) is 7.01. The smallest absolute Gasteiger partial charge is 0.162 e. The molecular weight excluding hydrogens is 419 g/mol. The second kappa shape index (κ2) is 9.16. The van der Waals surface area contributed by atoms with Crippen molar-refractivity contribution in [2.45, 2.75) is 44.9 Å². The molecule has 0 bridgehead atoms. The van der Waals surface area contributed by atoms with E-state index >= 15 is 0 Å². The summed E-state index contributed by atoms with van der Waals surface area (Å²) in [6.45, 7) is 1.91. The van der Waals surface area contributed by atoms with Crippen molar-refractivity contribution in [2.75, 3.05) is 0 Å². The van der Waals surface area contributed by atoms with Crippen LogP contribution < -0.4 is 0 Å². The van der Waals surface area contributed by atoms with Crippen molar-refractivity contribution in [1.29, 1.82) is 0 Å². The minimum absolute atomic E-state index is 0.160. The molecule has 0 radical (unpaired) electrons. The van der Waals surface area contributed by atoms with Crippen LogP contribution in [0.4, 0.5) is 22.0 Å². The molecule has 0 spiro atoms. The standard InChI is InChI=1S/C27H21F5/c1-2-3-17-9-10-22(27(32)26(17)31)19-8-7-18-13-20(24(29)15-21(18)14-19)6-4-16-5-11-23(28)25(30)12-16/h5,9-13,15,19H,2-3,7-8,14H2,1H3. The number of halogens is 5. The number of fused-ring (bicyclic) bond motifs is 1. The molecule has 0 aliphatic heterocycles. The minimum atomic E-state index is -1.01. The third kappa shape index (κ3) is 4.41. The largest absolute Gasteiger partial charge is 0.206 e. The lowest BCUT2D eigenvalue weighted by molar-refractivity contribution is 0.466. The highest BCUT2D eigenvalue weighted by molar-refractivity contribution is 5.48. The summed E-state index contributed by atoms with van der Waals surface area (Å²) in [7, 11) is 0. The Bertz CT molecular complexity index is 1230. The number of hydrogen-bond donors (Lipinski definition) is 0. The Morgan fingerprint density at radius 3 is 2.38 bits per heavy atom. The average Bonchev–Trinajstić information content (AvgIpc) is 2.78. The lowest BCUT2D eigenvalue weighted by Crippen LogP contribution is -2.16. The third-order valence-corrected chi connectivity index (χ3v) is 5.93. The van der Waals surface area contributed by atoms with Crippen LogP contribution in [0, 0.1) is 40.9 Å². The zero-order valence-corrected chi connectivity index (χ0v) is 17.5. The van der Waals surface area contributed by atoms with E-state index in [1.165, 1.54) is 12.1 Å². The van der Waals surface area contributed by atoms with Crippen LogP contribution in [0.1, 0.15) is 59.1 Å². The molecule has 0 saturated carbocycles. The summed E-state index contributed by atoms with van der Waals surface area (Å²) in [4.78, 5) is 0. The van der Waals surface area contributed by atoms with Gasteiger partial charge in [-0.15, -0.1) is 0 Å². The van der Waals surface area contributed by atoms with Gasteiger partial charge in [-0.3, -0.25) is 0 Å². The van der Waals surface area contributed by atoms with Crippen LogP contribution in [0.3, 0.4) is 0 Å². The Morgan fingerprint density at radius 2 is 1.62 bits per heavy atom. The first-order chi connectivity index (χ1) is 15.4. The van der Waals surface area contributed by atoms with Crippen molar-refractivity contribution in [3.05, 3.63) is 105 Å². The minimum Gasteiger partial charge on any atom is -0.206 e. The van der Waals surface area contributed by atoms with Crippen molar-refractivity contribution in [3.8, 4) is 11.8 Å². The van der Waals surface area contributed by atoms with Gasteiger partial charge < -0.3 is 0 Å². The highest BCUT2D eigenvalue weighted by Gasteiger charge is 2.26. The zero-order valence-electron chi connectivity index (χ0n) is 17.5. The molecule has 1 atom stereocenters. The topological polar surface area (TPSA) is 0 Å². The average molecular weight is 440 g/mol. The molecule has 1 unspecified atom stereocenters. The van der Waals surface area contributed by atoms with Gasteiger partial charge in [0.05, 0.1) is 5.56 Å². The van der Waals surface area contributed by atoms with E-state index in [1.807, 2.05) is 6.92 Å². The number of benzene rings is 3. The number of hydrogen-bond acceptors (Lipinski definition) is 0. The molecule has 0 saturated heterocycles. The van der Waals surface area contributed by atoms with Crippen LogP contribution in [0.25, 0.3) is 0 Å². The molecule has 3 aromatic rings. The maximum Gasteiger partial charge on any atom is 0.162 e. The summed E-state index contributed by atoms with van der Waals surface area (Å²) in [5, 5.41) is 0. The van der Waals surface area contributed by atoms with Crippen LogP contribution in [0.15, 0.2) is 42.5 Å². The fraction of sp³-hybridized carbons (Fsp3) is 0.259. The van der Waals surface area contributed by atoms with E-state index < -0.39 is 29.1 Å². The maximum absolute atomic E-state index is 14.7. The zero-order chi connectivity index (χ0) is 22.8. The first-order valence-electron chi connectivity index (χ1n) is 10.6. The van der Waals surface area contributed by atoms with E-state index in [0.717, 1.165) is 29.7 Å². The Morgan fingerprint density at radius 1 is 0.812 bits per heavy atom. The summed E-state index contributed by atoms with van der Waals surface area (Å²) in [5.74, 6) is 0.986.